The zero-order chi connectivity index (χ0) is 21.1. The summed E-state index contributed by atoms with van der Waals surface area (Å²) in [6.07, 6.45) is 6.62. The van der Waals surface area contributed by atoms with Gasteiger partial charge in [0.15, 0.2) is 0 Å². The number of methoxy groups -OCH3 is 1. The molecule has 7 heteroatoms. The maximum atomic E-state index is 13.3. The molecule has 1 amide bonds. The standard InChI is InChI=1S/C23H25N3O4/c1-30-17-11-9-15(10-12-17)14-26-21-18(8-5-13-24-21)20(27)19(23(26)29)22(28)25-16-6-3-2-4-7-16/h5,8-13,16,27H,2-4,6-7,14H2,1H3,(H,25,28). The molecule has 0 atom stereocenters. The predicted molar refractivity (Wildman–Crippen MR) is 114 cm³/mol. The fourth-order valence-electron chi connectivity index (χ4n) is 4.03. The Morgan fingerprint density at radius 2 is 1.93 bits per heavy atom. The number of rotatable bonds is 5. The van der Waals surface area contributed by atoms with E-state index in [0.717, 1.165) is 37.7 Å². The van der Waals surface area contributed by atoms with Gasteiger partial charge in [0.25, 0.3) is 11.5 Å². The van der Waals surface area contributed by atoms with E-state index in [2.05, 4.69) is 10.3 Å². The molecule has 3 aromatic rings. The lowest BCUT2D eigenvalue weighted by molar-refractivity contribution is 0.0923. The molecule has 156 valence electrons. The van der Waals surface area contributed by atoms with E-state index >= 15 is 0 Å². The Kier molecular flexibility index (Phi) is 5.70. The van der Waals surface area contributed by atoms with Gasteiger partial charge in [-0.3, -0.25) is 14.2 Å². The van der Waals surface area contributed by atoms with Crippen LogP contribution >= 0.6 is 0 Å². The van der Waals surface area contributed by atoms with Gasteiger partial charge in [0.1, 0.15) is 22.7 Å². The van der Waals surface area contributed by atoms with Crippen LogP contribution in [-0.4, -0.2) is 33.7 Å². The molecule has 1 aliphatic rings. The molecule has 0 aliphatic heterocycles. The summed E-state index contributed by atoms with van der Waals surface area (Å²) in [5, 5.41) is 14.1. The molecule has 2 N–H and O–H groups in total. The zero-order valence-electron chi connectivity index (χ0n) is 16.9. The molecule has 1 fully saturated rings. The first kappa shape index (κ1) is 19.9. The van der Waals surface area contributed by atoms with Crippen LogP contribution < -0.4 is 15.6 Å². The second kappa shape index (κ2) is 8.57. The normalized spacial score (nSPS) is 14.6. The lowest BCUT2D eigenvalue weighted by Crippen LogP contribution is -2.40. The molecule has 0 saturated heterocycles. The second-order valence-corrected chi connectivity index (χ2v) is 7.65. The van der Waals surface area contributed by atoms with Crippen LogP contribution in [0.15, 0.2) is 47.4 Å². The largest absolute Gasteiger partial charge is 0.506 e. The van der Waals surface area contributed by atoms with Crippen molar-refractivity contribution in [1.82, 2.24) is 14.9 Å². The van der Waals surface area contributed by atoms with Crippen LogP contribution in [0, 0.1) is 0 Å². The number of amides is 1. The highest BCUT2D eigenvalue weighted by Crippen LogP contribution is 2.26. The number of fused-ring (bicyclic) bond motifs is 1. The fourth-order valence-corrected chi connectivity index (χ4v) is 4.03. The fraction of sp³-hybridized carbons (Fsp3) is 0.348. The first-order valence-electron chi connectivity index (χ1n) is 10.2. The molecule has 30 heavy (non-hydrogen) atoms. The molecule has 0 spiro atoms. The first-order chi connectivity index (χ1) is 14.6. The number of carbonyl (C=O) groups excluding carboxylic acids is 1. The van der Waals surface area contributed by atoms with Crippen LogP contribution in [0.1, 0.15) is 48.0 Å². The van der Waals surface area contributed by atoms with Crippen LogP contribution in [0.4, 0.5) is 0 Å². The van der Waals surface area contributed by atoms with E-state index in [1.165, 1.54) is 4.57 Å². The van der Waals surface area contributed by atoms with Crippen molar-refractivity contribution >= 4 is 16.9 Å². The molecule has 0 unspecified atom stereocenters. The Hall–Kier alpha value is -3.35. The highest BCUT2D eigenvalue weighted by molar-refractivity contribution is 6.01. The van der Waals surface area contributed by atoms with Gasteiger partial charge in [-0.1, -0.05) is 31.4 Å². The number of aromatic nitrogens is 2. The minimum Gasteiger partial charge on any atom is -0.506 e. The summed E-state index contributed by atoms with van der Waals surface area (Å²) >= 11 is 0. The summed E-state index contributed by atoms with van der Waals surface area (Å²) in [5.74, 6) is -0.131. The maximum Gasteiger partial charge on any atom is 0.269 e. The van der Waals surface area contributed by atoms with Crippen LogP contribution in [-0.2, 0) is 6.54 Å². The topological polar surface area (TPSA) is 93.5 Å². The number of aromatic hydroxyl groups is 1. The summed E-state index contributed by atoms with van der Waals surface area (Å²) in [6.45, 7) is 0.223. The van der Waals surface area contributed by atoms with E-state index in [0.29, 0.717) is 16.8 Å². The SMILES string of the molecule is COc1ccc(Cn2c(=O)c(C(=O)NC3CCCCC3)c(O)c3cccnc32)cc1. The lowest BCUT2D eigenvalue weighted by Gasteiger charge is -2.23. The van der Waals surface area contributed by atoms with Gasteiger partial charge in [0, 0.05) is 12.2 Å². The lowest BCUT2D eigenvalue weighted by atomic mass is 9.95. The summed E-state index contributed by atoms with van der Waals surface area (Å²) in [5.41, 5.74) is 0.414. The van der Waals surface area contributed by atoms with Gasteiger partial charge in [-0.25, -0.2) is 4.98 Å². The van der Waals surface area contributed by atoms with Crippen molar-refractivity contribution in [1.29, 1.82) is 0 Å². The molecule has 0 radical (unpaired) electrons. The zero-order valence-corrected chi connectivity index (χ0v) is 16.9. The first-order valence-corrected chi connectivity index (χ1v) is 10.2. The van der Waals surface area contributed by atoms with Crippen molar-refractivity contribution in [3.05, 3.63) is 64.1 Å². The third kappa shape index (κ3) is 3.87. The Labute approximate surface area is 174 Å². The smallest absolute Gasteiger partial charge is 0.269 e. The quantitative estimate of drug-likeness (QED) is 0.677. The summed E-state index contributed by atoms with van der Waals surface area (Å²) in [7, 11) is 1.59. The summed E-state index contributed by atoms with van der Waals surface area (Å²) in [4.78, 5) is 30.6. The number of nitrogens with zero attached hydrogens (tertiary/aromatic N) is 2. The van der Waals surface area contributed by atoms with E-state index < -0.39 is 11.5 Å². The average molecular weight is 407 g/mol. The monoisotopic (exact) mass is 407 g/mol. The molecular formula is C23H25N3O4. The Morgan fingerprint density at radius 3 is 2.63 bits per heavy atom. The Balaban J connectivity index is 1.76. The van der Waals surface area contributed by atoms with Crippen LogP contribution in [0.25, 0.3) is 11.0 Å². The van der Waals surface area contributed by atoms with E-state index in [1.54, 1.807) is 25.4 Å². The van der Waals surface area contributed by atoms with E-state index in [4.69, 9.17) is 4.74 Å². The van der Waals surface area contributed by atoms with E-state index in [1.807, 2.05) is 24.3 Å². The molecular weight excluding hydrogens is 382 g/mol. The number of benzene rings is 1. The number of hydrogen-bond acceptors (Lipinski definition) is 5. The number of nitrogens with one attached hydrogen (secondary N) is 1. The van der Waals surface area contributed by atoms with E-state index in [-0.39, 0.29) is 23.9 Å². The van der Waals surface area contributed by atoms with Gasteiger partial charge in [0.2, 0.25) is 0 Å². The van der Waals surface area contributed by atoms with Gasteiger partial charge in [-0.15, -0.1) is 0 Å². The summed E-state index contributed by atoms with van der Waals surface area (Å²) in [6, 6.07) is 10.7. The van der Waals surface area contributed by atoms with Crippen LogP contribution in [0.5, 0.6) is 11.5 Å². The number of ether oxygens (including phenoxy) is 1. The molecule has 4 rings (SSSR count). The number of hydrogen-bond donors (Lipinski definition) is 2. The summed E-state index contributed by atoms with van der Waals surface area (Å²) < 4.78 is 6.62. The van der Waals surface area contributed by atoms with Crippen LogP contribution in [0.3, 0.4) is 0 Å². The minimum atomic E-state index is -0.553. The van der Waals surface area contributed by atoms with Crippen molar-refractivity contribution in [3.63, 3.8) is 0 Å². The van der Waals surface area contributed by atoms with Gasteiger partial charge >= 0.3 is 0 Å². The maximum absolute atomic E-state index is 13.3. The number of carbonyl (C=O) groups is 1. The molecule has 2 aromatic heterocycles. The van der Waals surface area contributed by atoms with Crippen molar-refractivity contribution in [3.8, 4) is 11.5 Å². The third-order valence-electron chi connectivity index (χ3n) is 5.66. The average Bonchev–Trinajstić information content (AvgIpc) is 2.78. The highest BCUT2D eigenvalue weighted by atomic mass is 16.5. The van der Waals surface area contributed by atoms with Crippen molar-refractivity contribution < 1.29 is 14.6 Å². The Bertz CT molecular complexity index is 1120. The number of pyridine rings is 2. The van der Waals surface area contributed by atoms with Crippen molar-refractivity contribution in [2.75, 3.05) is 7.11 Å². The minimum absolute atomic E-state index is 0.0321. The van der Waals surface area contributed by atoms with Gasteiger partial charge in [0.05, 0.1) is 19.0 Å². The second-order valence-electron chi connectivity index (χ2n) is 7.65. The van der Waals surface area contributed by atoms with Gasteiger partial charge in [-0.2, -0.15) is 0 Å². The third-order valence-corrected chi connectivity index (χ3v) is 5.66. The molecule has 0 bridgehead atoms. The highest BCUT2D eigenvalue weighted by Gasteiger charge is 2.25. The molecule has 2 heterocycles. The molecule has 1 saturated carbocycles. The molecule has 1 aromatic carbocycles. The van der Waals surface area contributed by atoms with Crippen molar-refractivity contribution in [2.45, 2.75) is 44.7 Å². The van der Waals surface area contributed by atoms with Gasteiger partial charge in [-0.05, 0) is 42.7 Å². The molecule has 7 nitrogen and oxygen atoms in total. The molecule has 1 aliphatic carbocycles. The van der Waals surface area contributed by atoms with E-state index in [9.17, 15) is 14.7 Å². The predicted octanol–water partition coefficient (Wildman–Crippen LogP) is 3.22. The van der Waals surface area contributed by atoms with Gasteiger partial charge < -0.3 is 15.2 Å². The van der Waals surface area contributed by atoms with Crippen molar-refractivity contribution in [2.24, 2.45) is 0 Å². The van der Waals surface area contributed by atoms with Crippen LogP contribution in [0.2, 0.25) is 0 Å². The Morgan fingerprint density at radius 1 is 1.20 bits per heavy atom.